The molecule has 1 amide bonds. The molecule has 1 rings (SSSR count). The summed E-state index contributed by atoms with van der Waals surface area (Å²) in [5.74, 6) is -0.302. The van der Waals surface area contributed by atoms with Crippen molar-refractivity contribution in [2.45, 2.75) is 19.4 Å². The molecular weight excluding hydrogens is 226 g/mol. The molecule has 0 heterocycles. The molecule has 0 radical (unpaired) electrons. The number of carbonyl (C=O) groups is 1. The van der Waals surface area contributed by atoms with Crippen LogP contribution in [0.15, 0.2) is 12.1 Å². The summed E-state index contributed by atoms with van der Waals surface area (Å²) in [4.78, 5) is 11.7. The summed E-state index contributed by atoms with van der Waals surface area (Å²) in [6.45, 7) is 3.16. The van der Waals surface area contributed by atoms with Crippen molar-refractivity contribution in [3.05, 3.63) is 29.3 Å². The van der Waals surface area contributed by atoms with Gasteiger partial charge in [0.25, 0.3) is 5.91 Å². The first-order valence-electron chi connectivity index (χ1n) is 4.81. The van der Waals surface area contributed by atoms with Gasteiger partial charge in [0, 0.05) is 6.07 Å². The second kappa shape index (κ2) is 4.42. The average Bonchev–Trinajstić information content (AvgIpc) is 2.22. The maximum Gasteiger partial charge on any atom is 0.255 e. The van der Waals surface area contributed by atoms with Gasteiger partial charge in [-0.05, 0) is 19.9 Å². The van der Waals surface area contributed by atoms with Crippen LogP contribution in [0.4, 0.5) is 14.5 Å². The van der Waals surface area contributed by atoms with E-state index in [1.165, 1.54) is 0 Å². The standard InChI is InChI=1S/C12H12F2N2O/c1-4-12(2,3)16-11(17)7-5-10(15)9(14)6-8(7)13/h1,5-6H,15H2,2-3H3,(H,16,17). The van der Waals surface area contributed by atoms with Gasteiger partial charge in [0.15, 0.2) is 0 Å². The molecule has 0 unspecified atom stereocenters. The summed E-state index contributed by atoms with van der Waals surface area (Å²) in [5.41, 5.74) is 3.70. The fourth-order valence-electron chi connectivity index (χ4n) is 1.13. The van der Waals surface area contributed by atoms with E-state index in [0.29, 0.717) is 6.07 Å². The van der Waals surface area contributed by atoms with Gasteiger partial charge in [-0.3, -0.25) is 4.79 Å². The molecule has 5 heteroatoms. The Bertz CT molecular complexity index is 504. The van der Waals surface area contributed by atoms with Crippen LogP contribution in [0.5, 0.6) is 0 Å². The predicted octanol–water partition coefficient (Wildman–Crippen LogP) is 1.69. The third-order valence-electron chi connectivity index (χ3n) is 2.12. The summed E-state index contributed by atoms with van der Waals surface area (Å²) in [5, 5.41) is 2.42. The van der Waals surface area contributed by atoms with E-state index in [2.05, 4.69) is 11.2 Å². The smallest absolute Gasteiger partial charge is 0.255 e. The van der Waals surface area contributed by atoms with E-state index >= 15 is 0 Å². The van der Waals surface area contributed by atoms with E-state index in [-0.39, 0.29) is 11.3 Å². The molecular formula is C12H12F2N2O. The zero-order chi connectivity index (χ0) is 13.2. The number of hydrogen-bond donors (Lipinski definition) is 2. The molecule has 1 aromatic rings. The lowest BCUT2D eigenvalue weighted by Crippen LogP contribution is -2.42. The fraction of sp³-hybridized carbons (Fsp3) is 0.250. The number of hydrogen-bond acceptors (Lipinski definition) is 2. The first-order valence-corrected chi connectivity index (χ1v) is 4.81. The predicted molar refractivity (Wildman–Crippen MR) is 61.1 cm³/mol. The molecule has 0 aromatic heterocycles. The molecule has 90 valence electrons. The van der Waals surface area contributed by atoms with Crippen LogP contribution in [0, 0.1) is 24.0 Å². The van der Waals surface area contributed by atoms with E-state index in [0.717, 1.165) is 6.07 Å². The van der Waals surface area contributed by atoms with Crippen LogP contribution in [0.2, 0.25) is 0 Å². The van der Waals surface area contributed by atoms with Gasteiger partial charge in [0.1, 0.15) is 11.6 Å². The molecule has 0 atom stereocenters. The maximum absolute atomic E-state index is 13.4. The molecule has 0 bridgehead atoms. The Hall–Kier alpha value is -2.09. The summed E-state index contributed by atoms with van der Waals surface area (Å²) in [6.07, 6.45) is 5.18. The van der Waals surface area contributed by atoms with Gasteiger partial charge in [-0.1, -0.05) is 5.92 Å². The lowest BCUT2D eigenvalue weighted by Gasteiger charge is -2.19. The molecule has 0 aliphatic heterocycles. The normalized spacial score (nSPS) is 10.8. The third-order valence-corrected chi connectivity index (χ3v) is 2.12. The van der Waals surface area contributed by atoms with Crippen molar-refractivity contribution in [3.63, 3.8) is 0 Å². The minimum atomic E-state index is -0.984. The molecule has 3 nitrogen and oxygen atoms in total. The number of rotatable bonds is 2. The minimum absolute atomic E-state index is 0.296. The Labute approximate surface area is 98.0 Å². The fourth-order valence-corrected chi connectivity index (χ4v) is 1.13. The number of carbonyl (C=O) groups excluding carboxylic acids is 1. The zero-order valence-corrected chi connectivity index (χ0v) is 9.47. The number of nitrogens with one attached hydrogen (secondary N) is 1. The first-order chi connectivity index (χ1) is 7.76. The zero-order valence-electron chi connectivity index (χ0n) is 9.47. The summed E-state index contributed by atoms with van der Waals surface area (Å²) < 4.78 is 26.2. The molecule has 17 heavy (non-hydrogen) atoms. The Morgan fingerprint density at radius 3 is 2.53 bits per heavy atom. The number of nitrogens with two attached hydrogens (primary N) is 1. The van der Waals surface area contributed by atoms with Crippen LogP contribution >= 0.6 is 0 Å². The first kappa shape index (κ1) is 13.0. The van der Waals surface area contributed by atoms with E-state index in [1.807, 2.05) is 0 Å². The van der Waals surface area contributed by atoms with Crippen molar-refractivity contribution in [1.29, 1.82) is 0 Å². The SMILES string of the molecule is C#CC(C)(C)NC(=O)c1cc(N)c(F)cc1F. The van der Waals surface area contributed by atoms with Crippen molar-refractivity contribution in [1.82, 2.24) is 5.32 Å². The van der Waals surface area contributed by atoms with Crippen LogP contribution in [0.1, 0.15) is 24.2 Å². The highest BCUT2D eigenvalue weighted by atomic mass is 19.1. The second-order valence-electron chi connectivity index (χ2n) is 4.08. The molecule has 0 saturated carbocycles. The van der Waals surface area contributed by atoms with Crippen molar-refractivity contribution >= 4 is 11.6 Å². The summed E-state index contributed by atoms with van der Waals surface area (Å²) in [7, 11) is 0. The Morgan fingerprint density at radius 2 is 2.00 bits per heavy atom. The van der Waals surface area contributed by atoms with Gasteiger partial charge in [-0.2, -0.15) is 0 Å². The highest BCUT2D eigenvalue weighted by molar-refractivity contribution is 5.96. The van der Waals surface area contributed by atoms with E-state index < -0.39 is 23.1 Å². The molecule has 0 aliphatic rings. The molecule has 0 saturated heterocycles. The number of anilines is 1. The van der Waals surface area contributed by atoms with Crippen LogP contribution < -0.4 is 11.1 Å². The van der Waals surface area contributed by atoms with E-state index in [9.17, 15) is 13.6 Å². The molecule has 0 fully saturated rings. The van der Waals surface area contributed by atoms with Crippen molar-refractivity contribution in [3.8, 4) is 12.3 Å². The minimum Gasteiger partial charge on any atom is -0.396 e. The third kappa shape index (κ3) is 2.94. The van der Waals surface area contributed by atoms with Crippen molar-refractivity contribution in [2.24, 2.45) is 0 Å². The number of halogens is 2. The largest absolute Gasteiger partial charge is 0.396 e. The van der Waals surface area contributed by atoms with Gasteiger partial charge >= 0.3 is 0 Å². The van der Waals surface area contributed by atoms with Gasteiger partial charge in [-0.15, -0.1) is 6.42 Å². The Morgan fingerprint density at radius 1 is 1.41 bits per heavy atom. The van der Waals surface area contributed by atoms with Crippen LogP contribution in [-0.2, 0) is 0 Å². The number of benzene rings is 1. The number of nitrogen functional groups attached to an aromatic ring is 1. The molecule has 0 spiro atoms. The monoisotopic (exact) mass is 238 g/mol. The summed E-state index contributed by atoms with van der Waals surface area (Å²) >= 11 is 0. The maximum atomic E-state index is 13.4. The van der Waals surface area contributed by atoms with E-state index in [4.69, 9.17) is 12.2 Å². The molecule has 3 N–H and O–H groups in total. The second-order valence-corrected chi connectivity index (χ2v) is 4.08. The van der Waals surface area contributed by atoms with E-state index in [1.54, 1.807) is 13.8 Å². The van der Waals surface area contributed by atoms with Crippen LogP contribution in [-0.4, -0.2) is 11.4 Å². The number of amides is 1. The van der Waals surface area contributed by atoms with Crippen LogP contribution in [0.3, 0.4) is 0 Å². The lowest BCUT2D eigenvalue weighted by atomic mass is 10.1. The lowest BCUT2D eigenvalue weighted by molar-refractivity contribution is 0.0926. The summed E-state index contributed by atoms with van der Waals surface area (Å²) in [6, 6.07) is 1.50. The van der Waals surface area contributed by atoms with Gasteiger partial charge in [0.05, 0.1) is 16.8 Å². The Balaban J connectivity index is 3.07. The molecule has 0 aliphatic carbocycles. The Kier molecular flexibility index (Phi) is 3.37. The highest BCUT2D eigenvalue weighted by Crippen LogP contribution is 2.17. The quantitative estimate of drug-likeness (QED) is 0.608. The average molecular weight is 238 g/mol. The number of terminal acetylenes is 1. The van der Waals surface area contributed by atoms with Crippen LogP contribution in [0.25, 0.3) is 0 Å². The van der Waals surface area contributed by atoms with Gasteiger partial charge in [-0.25, -0.2) is 8.78 Å². The molecule has 1 aromatic carbocycles. The van der Waals surface area contributed by atoms with Crippen molar-refractivity contribution in [2.75, 3.05) is 5.73 Å². The van der Waals surface area contributed by atoms with Gasteiger partial charge < -0.3 is 11.1 Å². The van der Waals surface area contributed by atoms with Gasteiger partial charge in [0.2, 0.25) is 0 Å². The highest BCUT2D eigenvalue weighted by Gasteiger charge is 2.21. The van der Waals surface area contributed by atoms with Crippen molar-refractivity contribution < 1.29 is 13.6 Å². The topological polar surface area (TPSA) is 55.1 Å².